The second kappa shape index (κ2) is 6.06. The molecule has 9 heteroatoms. The van der Waals surface area contributed by atoms with Crippen LogP contribution in [0, 0.1) is 6.92 Å². The van der Waals surface area contributed by atoms with Crippen LogP contribution in [0.1, 0.15) is 23.4 Å². The van der Waals surface area contributed by atoms with Gasteiger partial charge >= 0.3 is 0 Å². The molecule has 1 aromatic carbocycles. The van der Waals surface area contributed by atoms with Gasteiger partial charge in [0.25, 0.3) is 10.0 Å². The summed E-state index contributed by atoms with van der Waals surface area (Å²) in [6.07, 6.45) is 1.85. The van der Waals surface area contributed by atoms with Gasteiger partial charge < -0.3 is 9.80 Å². The van der Waals surface area contributed by atoms with Gasteiger partial charge in [0.2, 0.25) is 5.13 Å². The fraction of sp³-hybridized carbons (Fsp3) is 0.438. The van der Waals surface area contributed by atoms with Gasteiger partial charge in [0.15, 0.2) is 5.84 Å². The number of hydrogen-bond donors (Lipinski definition) is 0. The molecule has 132 valence electrons. The Labute approximate surface area is 151 Å². The molecule has 0 aliphatic carbocycles. The van der Waals surface area contributed by atoms with E-state index < -0.39 is 10.0 Å². The average Bonchev–Trinajstić information content (AvgIpc) is 3.16. The van der Waals surface area contributed by atoms with Gasteiger partial charge in [-0.1, -0.05) is 23.5 Å². The molecule has 1 saturated heterocycles. The molecule has 4 rings (SSSR count). The topological polar surface area (TPSA) is 78.8 Å². The Bertz CT molecular complexity index is 930. The zero-order valence-corrected chi connectivity index (χ0v) is 15.7. The van der Waals surface area contributed by atoms with E-state index in [4.69, 9.17) is 0 Å². The van der Waals surface area contributed by atoms with Gasteiger partial charge in [-0.25, -0.2) is 0 Å². The van der Waals surface area contributed by atoms with Gasteiger partial charge in [0, 0.05) is 31.7 Å². The predicted molar refractivity (Wildman–Crippen MR) is 97.8 cm³/mol. The zero-order valence-electron chi connectivity index (χ0n) is 14.1. The minimum Gasteiger partial charge on any atom is -0.355 e. The molecular formula is C16H19N5O2S2. The highest BCUT2D eigenvalue weighted by Gasteiger charge is 2.34. The number of aryl methyl sites for hydroxylation is 1. The van der Waals surface area contributed by atoms with Crippen LogP contribution in [0.2, 0.25) is 0 Å². The fourth-order valence-corrected chi connectivity index (χ4v) is 5.35. The quantitative estimate of drug-likeness (QED) is 0.795. The van der Waals surface area contributed by atoms with E-state index in [1.165, 1.54) is 0 Å². The summed E-state index contributed by atoms with van der Waals surface area (Å²) in [5.74, 6) is 0.556. The van der Waals surface area contributed by atoms with Crippen LogP contribution >= 0.6 is 11.3 Å². The molecule has 0 N–H and O–H groups in total. The first-order chi connectivity index (χ1) is 12.0. The molecule has 1 aromatic heterocycles. The van der Waals surface area contributed by atoms with Crippen molar-refractivity contribution in [3.8, 4) is 0 Å². The molecule has 0 amide bonds. The van der Waals surface area contributed by atoms with Crippen molar-refractivity contribution < 1.29 is 8.42 Å². The lowest BCUT2D eigenvalue weighted by molar-refractivity contribution is 0.306. The van der Waals surface area contributed by atoms with Crippen LogP contribution in [-0.4, -0.2) is 55.5 Å². The van der Waals surface area contributed by atoms with Gasteiger partial charge in [0.05, 0.1) is 0 Å². The Morgan fingerprint density at radius 2 is 1.92 bits per heavy atom. The molecular weight excluding hydrogens is 358 g/mol. The number of nitrogens with zero attached hydrogens (tertiary/aromatic N) is 5. The van der Waals surface area contributed by atoms with E-state index in [1.54, 1.807) is 23.5 Å². The van der Waals surface area contributed by atoms with Crippen LogP contribution in [0.15, 0.2) is 33.6 Å². The summed E-state index contributed by atoms with van der Waals surface area (Å²) < 4.78 is 28.5. The maximum absolute atomic E-state index is 12.3. The van der Waals surface area contributed by atoms with Gasteiger partial charge in [-0.15, -0.1) is 14.6 Å². The molecule has 0 bridgehead atoms. The molecule has 7 nitrogen and oxygen atoms in total. The van der Waals surface area contributed by atoms with Crippen LogP contribution in [0.4, 0.5) is 5.13 Å². The standard InChI is InChI=1S/C16H19N5O2S2/c1-11-17-18-16(24-11)21-9-7-12(8-10-21)20(2)15-13-5-3-4-6-14(13)25(22,23)19-15/h3-6,12H,7-10H2,1-2H3. The third-order valence-electron chi connectivity index (χ3n) is 4.74. The van der Waals surface area contributed by atoms with Crippen molar-refractivity contribution in [2.45, 2.75) is 30.7 Å². The smallest absolute Gasteiger partial charge is 0.285 e. The fourth-order valence-electron chi connectivity index (χ4n) is 3.37. The largest absolute Gasteiger partial charge is 0.355 e. The number of rotatable bonds is 2. The number of anilines is 1. The van der Waals surface area contributed by atoms with Gasteiger partial charge in [-0.2, -0.15) is 8.42 Å². The Morgan fingerprint density at radius 1 is 1.20 bits per heavy atom. The molecule has 3 heterocycles. The van der Waals surface area contributed by atoms with E-state index in [0.717, 1.165) is 36.1 Å². The Balaban J connectivity index is 1.51. The van der Waals surface area contributed by atoms with E-state index in [2.05, 4.69) is 19.5 Å². The molecule has 0 unspecified atom stereocenters. The molecule has 2 aliphatic heterocycles. The highest BCUT2D eigenvalue weighted by molar-refractivity contribution is 7.90. The van der Waals surface area contributed by atoms with Crippen LogP contribution in [-0.2, 0) is 10.0 Å². The molecule has 2 aromatic rings. The lowest BCUT2D eigenvalue weighted by atomic mass is 10.0. The van der Waals surface area contributed by atoms with Crippen LogP contribution in [0.5, 0.6) is 0 Å². The molecule has 25 heavy (non-hydrogen) atoms. The molecule has 0 saturated carbocycles. The molecule has 0 atom stereocenters. The minimum atomic E-state index is -3.57. The number of sulfonamides is 1. The van der Waals surface area contributed by atoms with Crippen molar-refractivity contribution in [2.75, 3.05) is 25.0 Å². The lowest BCUT2D eigenvalue weighted by Gasteiger charge is -2.37. The summed E-state index contributed by atoms with van der Waals surface area (Å²) in [4.78, 5) is 4.57. The van der Waals surface area contributed by atoms with E-state index in [0.29, 0.717) is 16.3 Å². The van der Waals surface area contributed by atoms with Gasteiger partial charge in [-0.3, -0.25) is 0 Å². The predicted octanol–water partition coefficient (Wildman–Crippen LogP) is 1.90. The Morgan fingerprint density at radius 3 is 2.60 bits per heavy atom. The molecule has 1 fully saturated rings. The van der Waals surface area contributed by atoms with Crippen molar-refractivity contribution in [3.05, 3.63) is 34.8 Å². The third-order valence-corrected chi connectivity index (χ3v) is 6.97. The van der Waals surface area contributed by atoms with E-state index >= 15 is 0 Å². The minimum absolute atomic E-state index is 0.255. The van der Waals surface area contributed by atoms with E-state index in [1.807, 2.05) is 31.0 Å². The first-order valence-corrected chi connectivity index (χ1v) is 10.4. The molecule has 0 radical (unpaired) electrons. The maximum Gasteiger partial charge on any atom is 0.285 e. The monoisotopic (exact) mass is 377 g/mol. The van der Waals surface area contributed by atoms with Crippen LogP contribution in [0.25, 0.3) is 0 Å². The summed E-state index contributed by atoms with van der Waals surface area (Å²) in [7, 11) is -1.63. The SMILES string of the molecule is Cc1nnc(N2CCC(N(C)C3=NS(=O)(=O)c4ccccc43)CC2)s1. The second-order valence-corrected chi connectivity index (χ2v) is 9.05. The highest BCUT2D eigenvalue weighted by Crippen LogP contribution is 2.30. The van der Waals surface area contributed by atoms with E-state index in [9.17, 15) is 8.42 Å². The van der Waals surface area contributed by atoms with Crippen LogP contribution < -0.4 is 4.90 Å². The number of fused-ring (bicyclic) bond motifs is 1. The van der Waals surface area contributed by atoms with Crippen molar-refractivity contribution in [2.24, 2.45) is 4.40 Å². The summed E-state index contributed by atoms with van der Waals surface area (Å²) in [6, 6.07) is 7.29. The van der Waals surface area contributed by atoms with Crippen molar-refractivity contribution in [1.82, 2.24) is 15.1 Å². The summed E-state index contributed by atoms with van der Waals surface area (Å²) in [5.41, 5.74) is 0.701. The Kier molecular flexibility index (Phi) is 3.99. The molecule has 2 aliphatic rings. The normalized spacial score (nSPS) is 19.6. The number of amidine groups is 1. The van der Waals surface area contributed by atoms with Gasteiger partial charge in [0.1, 0.15) is 9.90 Å². The van der Waals surface area contributed by atoms with Crippen molar-refractivity contribution in [3.63, 3.8) is 0 Å². The third kappa shape index (κ3) is 2.91. The Hall–Kier alpha value is -2.00. The maximum atomic E-state index is 12.3. The number of aromatic nitrogens is 2. The zero-order chi connectivity index (χ0) is 17.6. The number of piperidine rings is 1. The summed E-state index contributed by atoms with van der Waals surface area (Å²) in [6.45, 7) is 3.72. The van der Waals surface area contributed by atoms with Gasteiger partial charge in [-0.05, 0) is 31.9 Å². The van der Waals surface area contributed by atoms with Crippen LogP contribution in [0.3, 0.4) is 0 Å². The average molecular weight is 377 g/mol. The first kappa shape index (κ1) is 16.5. The molecule has 0 spiro atoms. The summed E-state index contributed by atoms with van der Waals surface area (Å²) in [5, 5.41) is 10.2. The first-order valence-electron chi connectivity index (χ1n) is 8.18. The highest BCUT2D eigenvalue weighted by atomic mass is 32.2. The van der Waals surface area contributed by atoms with Crippen molar-refractivity contribution in [1.29, 1.82) is 0 Å². The van der Waals surface area contributed by atoms with E-state index in [-0.39, 0.29) is 6.04 Å². The second-order valence-electron chi connectivity index (χ2n) is 6.32. The van der Waals surface area contributed by atoms with Crippen molar-refractivity contribution >= 4 is 32.3 Å². The number of hydrogen-bond acceptors (Lipinski definition) is 7. The summed E-state index contributed by atoms with van der Waals surface area (Å²) >= 11 is 1.61. The lowest BCUT2D eigenvalue weighted by Crippen LogP contribution is -2.45. The number of benzene rings is 1.